The fraction of sp³-hybridized carbons (Fsp3) is 0.917. The van der Waals surface area contributed by atoms with Gasteiger partial charge in [0.1, 0.15) is 0 Å². The Bertz CT molecular complexity index is 250. The van der Waals surface area contributed by atoms with Crippen LogP contribution in [0.1, 0.15) is 47.0 Å². The molecule has 2 heteroatoms. The van der Waals surface area contributed by atoms with Gasteiger partial charge in [0, 0.05) is 12.5 Å². The monoisotopic (exact) mass is 195 g/mol. The third-order valence-electron chi connectivity index (χ3n) is 4.48. The first-order chi connectivity index (χ1) is 6.39. The fourth-order valence-electron chi connectivity index (χ4n) is 3.56. The van der Waals surface area contributed by atoms with Crippen molar-refractivity contribution in [3.63, 3.8) is 0 Å². The van der Waals surface area contributed by atoms with E-state index in [9.17, 15) is 4.79 Å². The van der Waals surface area contributed by atoms with Crippen molar-refractivity contribution in [2.45, 2.75) is 52.5 Å². The Hall–Kier alpha value is -0.530. The summed E-state index contributed by atoms with van der Waals surface area (Å²) >= 11 is 0. The fourth-order valence-corrected chi connectivity index (χ4v) is 3.56. The zero-order chi connectivity index (χ0) is 10.6. The second-order valence-electron chi connectivity index (χ2n) is 5.89. The van der Waals surface area contributed by atoms with E-state index < -0.39 is 0 Å². The second kappa shape index (κ2) is 2.74. The molecule has 0 aliphatic heterocycles. The molecule has 1 amide bonds. The van der Waals surface area contributed by atoms with Gasteiger partial charge in [-0.3, -0.25) is 4.79 Å². The highest BCUT2D eigenvalue weighted by Crippen LogP contribution is 2.71. The van der Waals surface area contributed by atoms with Crippen molar-refractivity contribution in [3.8, 4) is 0 Å². The van der Waals surface area contributed by atoms with E-state index in [1.807, 2.05) is 0 Å². The average Bonchev–Trinajstić information content (AvgIpc) is 1.91. The Morgan fingerprint density at radius 3 is 2.07 bits per heavy atom. The molecule has 0 aromatic heterocycles. The summed E-state index contributed by atoms with van der Waals surface area (Å²) in [7, 11) is 0. The van der Waals surface area contributed by atoms with E-state index >= 15 is 0 Å². The van der Waals surface area contributed by atoms with Gasteiger partial charge < -0.3 is 5.32 Å². The number of hydrogen-bond donors (Lipinski definition) is 1. The van der Waals surface area contributed by atoms with Crippen LogP contribution in [0, 0.1) is 17.3 Å². The number of nitrogens with one attached hydrogen (secondary N) is 1. The van der Waals surface area contributed by atoms with Crippen LogP contribution in [-0.2, 0) is 4.79 Å². The molecule has 3 aliphatic rings. The molecule has 14 heavy (non-hydrogen) atoms. The standard InChI is InChI=1S/C12H21NO/c1-8(2)9(3)11-5-12(6-11,7-11)13-10(4)14/h8-9H,5-7H2,1-4H3,(H,13,14). The van der Waals surface area contributed by atoms with Gasteiger partial charge in [-0.15, -0.1) is 0 Å². The molecule has 0 radical (unpaired) electrons. The highest BCUT2D eigenvalue weighted by molar-refractivity contribution is 5.74. The van der Waals surface area contributed by atoms with Gasteiger partial charge in [0.05, 0.1) is 0 Å². The SMILES string of the molecule is CC(=O)NC12CC(C(C)C(C)C)(C1)C2. The molecular formula is C12H21NO. The Kier molecular flexibility index (Phi) is 1.96. The van der Waals surface area contributed by atoms with E-state index in [1.54, 1.807) is 6.92 Å². The van der Waals surface area contributed by atoms with Crippen LogP contribution in [0.3, 0.4) is 0 Å². The first-order valence-electron chi connectivity index (χ1n) is 5.68. The molecular weight excluding hydrogens is 174 g/mol. The van der Waals surface area contributed by atoms with Crippen LogP contribution in [0.2, 0.25) is 0 Å². The van der Waals surface area contributed by atoms with E-state index in [2.05, 4.69) is 26.1 Å². The van der Waals surface area contributed by atoms with Crippen LogP contribution in [0.25, 0.3) is 0 Å². The molecule has 0 heterocycles. The van der Waals surface area contributed by atoms with Gasteiger partial charge in [-0.05, 0) is 36.5 Å². The normalized spacial score (nSPS) is 41.2. The molecule has 2 nitrogen and oxygen atoms in total. The maximum atomic E-state index is 11.0. The van der Waals surface area contributed by atoms with Crippen molar-refractivity contribution < 1.29 is 4.79 Å². The lowest BCUT2D eigenvalue weighted by Crippen LogP contribution is -2.76. The maximum absolute atomic E-state index is 11.0. The summed E-state index contributed by atoms with van der Waals surface area (Å²) in [6, 6.07) is 0. The van der Waals surface area contributed by atoms with E-state index in [0.29, 0.717) is 5.41 Å². The largest absolute Gasteiger partial charge is 0.351 e. The van der Waals surface area contributed by atoms with Crippen LogP contribution in [0.4, 0.5) is 0 Å². The molecule has 3 aliphatic carbocycles. The van der Waals surface area contributed by atoms with Gasteiger partial charge in [0.2, 0.25) is 5.91 Å². The first-order valence-corrected chi connectivity index (χ1v) is 5.68. The summed E-state index contributed by atoms with van der Waals surface area (Å²) in [5.41, 5.74) is 0.797. The highest BCUT2D eigenvalue weighted by atomic mass is 16.1. The molecule has 2 bridgehead atoms. The average molecular weight is 195 g/mol. The lowest BCUT2D eigenvalue weighted by Gasteiger charge is -2.73. The summed E-state index contributed by atoms with van der Waals surface area (Å²) in [5.74, 6) is 1.71. The quantitative estimate of drug-likeness (QED) is 0.735. The lowest BCUT2D eigenvalue weighted by atomic mass is 9.35. The van der Waals surface area contributed by atoms with Gasteiger partial charge in [0.15, 0.2) is 0 Å². The summed E-state index contributed by atoms with van der Waals surface area (Å²) in [6.07, 6.45) is 3.66. The van der Waals surface area contributed by atoms with E-state index in [0.717, 1.165) is 11.8 Å². The van der Waals surface area contributed by atoms with Gasteiger partial charge in [0.25, 0.3) is 0 Å². The van der Waals surface area contributed by atoms with Crippen molar-refractivity contribution in [2.24, 2.45) is 17.3 Å². The van der Waals surface area contributed by atoms with Crippen LogP contribution < -0.4 is 5.32 Å². The molecule has 0 aromatic rings. The summed E-state index contributed by atoms with van der Waals surface area (Å²) in [5, 5.41) is 3.10. The highest BCUT2D eigenvalue weighted by Gasteiger charge is 2.69. The van der Waals surface area contributed by atoms with E-state index in [4.69, 9.17) is 0 Å². The minimum absolute atomic E-state index is 0.135. The molecule has 1 unspecified atom stereocenters. The van der Waals surface area contributed by atoms with E-state index in [-0.39, 0.29) is 11.4 Å². The molecule has 80 valence electrons. The predicted molar refractivity (Wildman–Crippen MR) is 56.8 cm³/mol. The summed E-state index contributed by atoms with van der Waals surface area (Å²) in [6.45, 7) is 8.59. The number of hydrogen-bond acceptors (Lipinski definition) is 1. The van der Waals surface area contributed by atoms with Crippen LogP contribution in [0.15, 0.2) is 0 Å². The number of amides is 1. The molecule has 1 N–H and O–H groups in total. The Morgan fingerprint density at radius 1 is 1.21 bits per heavy atom. The van der Waals surface area contributed by atoms with Gasteiger partial charge in [-0.25, -0.2) is 0 Å². The molecule has 1 atom stereocenters. The molecule has 3 saturated carbocycles. The molecule has 3 fully saturated rings. The minimum atomic E-state index is 0.135. The van der Waals surface area contributed by atoms with Crippen molar-refractivity contribution in [1.82, 2.24) is 5.32 Å². The zero-order valence-electron chi connectivity index (χ0n) is 9.68. The van der Waals surface area contributed by atoms with Crippen molar-refractivity contribution >= 4 is 5.91 Å². The Morgan fingerprint density at radius 2 is 1.71 bits per heavy atom. The third kappa shape index (κ3) is 1.19. The lowest BCUT2D eigenvalue weighted by molar-refractivity contribution is -0.197. The molecule has 0 aromatic carbocycles. The first kappa shape index (κ1) is 10.0. The van der Waals surface area contributed by atoms with E-state index in [1.165, 1.54) is 19.3 Å². The Balaban J connectivity index is 1.91. The molecule has 0 saturated heterocycles. The predicted octanol–water partition coefficient (Wildman–Crippen LogP) is 2.34. The van der Waals surface area contributed by atoms with Gasteiger partial charge >= 0.3 is 0 Å². The number of carbonyl (C=O) groups excluding carboxylic acids is 1. The van der Waals surface area contributed by atoms with Crippen LogP contribution in [-0.4, -0.2) is 11.4 Å². The second-order valence-corrected chi connectivity index (χ2v) is 5.89. The Labute approximate surface area is 86.5 Å². The van der Waals surface area contributed by atoms with Crippen molar-refractivity contribution in [3.05, 3.63) is 0 Å². The molecule has 0 spiro atoms. The van der Waals surface area contributed by atoms with Gasteiger partial charge in [-0.2, -0.15) is 0 Å². The number of carbonyl (C=O) groups is 1. The topological polar surface area (TPSA) is 29.1 Å². The zero-order valence-corrected chi connectivity index (χ0v) is 9.68. The van der Waals surface area contributed by atoms with Crippen molar-refractivity contribution in [2.75, 3.05) is 0 Å². The van der Waals surface area contributed by atoms with Crippen LogP contribution in [0.5, 0.6) is 0 Å². The van der Waals surface area contributed by atoms with Gasteiger partial charge in [-0.1, -0.05) is 20.8 Å². The smallest absolute Gasteiger partial charge is 0.217 e. The summed E-state index contributed by atoms with van der Waals surface area (Å²) < 4.78 is 0. The van der Waals surface area contributed by atoms with Crippen LogP contribution >= 0.6 is 0 Å². The number of rotatable bonds is 3. The maximum Gasteiger partial charge on any atom is 0.217 e. The molecule has 3 rings (SSSR count). The summed E-state index contributed by atoms with van der Waals surface area (Å²) in [4.78, 5) is 11.0. The third-order valence-corrected chi connectivity index (χ3v) is 4.48. The minimum Gasteiger partial charge on any atom is -0.351 e. The van der Waals surface area contributed by atoms with Crippen molar-refractivity contribution in [1.29, 1.82) is 0 Å².